The van der Waals surface area contributed by atoms with Crippen LogP contribution in [0.1, 0.15) is 12.0 Å². The molecule has 41 heavy (non-hydrogen) atoms. The third-order valence-corrected chi connectivity index (χ3v) is 8.27. The van der Waals surface area contributed by atoms with Gasteiger partial charge in [-0.25, -0.2) is 4.98 Å². The van der Waals surface area contributed by atoms with Gasteiger partial charge in [0.05, 0.1) is 13.2 Å². The Morgan fingerprint density at radius 2 is 2.10 bits per heavy atom. The third-order valence-electron chi connectivity index (χ3n) is 7.58. The lowest BCUT2D eigenvalue weighted by atomic mass is 9.81. The quantitative estimate of drug-likeness (QED) is 0.322. The van der Waals surface area contributed by atoms with Gasteiger partial charge in [0.1, 0.15) is 12.2 Å². The van der Waals surface area contributed by atoms with E-state index in [0.717, 1.165) is 22.0 Å². The third kappa shape index (κ3) is 6.08. The van der Waals surface area contributed by atoms with E-state index in [4.69, 9.17) is 9.47 Å². The zero-order valence-corrected chi connectivity index (χ0v) is 23.2. The summed E-state index contributed by atoms with van der Waals surface area (Å²) >= 11 is 1.36. The van der Waals surface area contributed by atoms with Crippen LogP contribution in [0.3, 0.4) is 0 Å². The number of allylic oxidation sites excluding steroid dienone is 5. The molecule has 0 saturated carbocycles. The van der Waals surface area contributed by atoms with Crippen LogP contribution >= 0.6 is 11.3 Å². The van der Waals surface area contributed by atoms with Gasteiger partial charge in [-0.1, -0.05) is 42.5 Å². The maximum atomic E-state index is 13.6. The lowest BCUT2D eigenvalue weighted by Crippen LogP contribution is -2.42. The van der Waals surface area contributed by atoms with E-state index in [0.29, 0.717) is 42.3 Å². The molecule has 3 N–H and O–H groups in total. The summed E-state index contributed by atoms with van der Waals surface area (Å²) < 4.78 is 12.0. The monoisotopic (exact) mass is 569 g/mol. The molecule has 1 fully saturated rings. The fraction of sp³-hybridized carbons (Fsp3) is 0.281. The molecule has 0 bridgehead atoms. The summed E-state index contributed by atoms with van der Waals surface area (Å²) in [6, 6.07) is 8.04. The average Bonchev–Trinajstić information content (AvgIpc) is 3.68. The van der Waals surface area contributed by atoms with Crippen LogP contribution in [0.25, 0.3) is 10.9 Å². The number of aromatic amines is 1. The molecule has 8 nitrogen and oxygen atoms in total. The van der Waals surface area contributed by atoms with Crippen LogP contribution in [0.2, 0.25) is 0 Å². The number of nitrogens with zero attached hydrogens (tertiary/aromatic N) is 1. The number of hydrogen-bond donors (Lipinski definition) is 3. The molecule has 3 heterocycles. The van der Waals surface area contributed by atoms with Crippen molar-refractivity contribution in [1.29, 1.82) is 0 Å². The molecule has 1 aromatic carbocycles. The second kappa shape index (κ2) is 12.3. The van der Waals surface area contributed by atoms with Crippen LogP contribution in [0, 0.1) is 11.8 Å². The van der Waals surface area contributed by atoms with Gasteiger partial charge < -0.3 is 19.6 Å². The molecule has 6 rings (SSSR count). The Morgan fingerprint density at radius 1 is 1.22 bits per heavy atom. The first kappa shape index (κ1) is 27.3. The molecule has 1 saturated heterocycles. The highest BCUT2D eigenvalue weighted by molar-refractivity contribution is 7.13. The van der Waals surface area contributed by atoms with Crippen LogP contribution < -0.4 is 5.32 Å². The summed E-state index contributed by atoms with van der Waals surface area (Å²) in [4.78, 5) is 33.8. The number of benzene rings is 1. The molecular formula is C32H31N3O5S. The molecule has 1 aliphatic heterocycles. The Bertz CT molecular complexity index is 1580. The van der Waals surface area contributed by atoms with Crippen molar-refractivity contribution in [2.45, 2.75) is 25.0 Å². The molecule has 3 aliphatic rings. The molecule has 210 valence electrons. The predicted molar refractivity (Wildman–Crippen MR) is 158 cm³/mol. The summed E-state index contributed by atoms with van der Waals surface area (Å²) in [5.74, 6) is -0.712. The van der Waals surface area contributed by atoms with Crippen molar-refractivity contribution in [3.05, 3.63) is 107 Å². The van der Waals surface area contributed by atoms with Crippen molar-refractivity contribution in [3.8, 4) is 0 Å². The minimum absolute atomic E-state index is 0.0792. The van der Waals surface area contributed by atoms with Crippen LogP contribution in [0.15, 0.2) is 101 Å². The minimum atomic E-state index is -0.498. The average molecular weight is 570 g/mol. The van der Waals surface area contributed by atoms with Crippen molar-refractivity contribution < 1.29 is 24.2 Å². The van der Waals surface area contributed by atoms with Crippen molar-refractivity contribution in [1.82, 2.24) is 9.97 Å². The largest absolute Gasteiger partial charge is 0.396 e. The number of amides is 1. The zero-order valence-electron chi connectivity index (χ0n) is 22.4. The number of aliphatic hydroxyl groups is 1. The number of carbonyl (C=O) groups excluding carboxylic acids is 2. The molecule has 3 unspecified atom stereocenters. The molecule has 2 aromatic heterocycles. The number of anilines is 1. The first-order valence-corrected chi connectivity index (χ1v) is 14.6. The number of carbonyl (C=O) groups is 2. The summed E-state index contributed by atoms with van der Waals surface area (Å²) in [5.41, 5.74) is 4.11. The van der Waals surface area contributed by atoms with Gasteiger partial charge in [-0.05, 0) is 48.3 Å². The topological polar surface area (TPSA) is 114 Å². The van der Waals surface area contributed by atoms with Crippen LogP contribution in [-0.2, 0) is 25.5 Å². The lowest BCUT2D eigenvalue weighted by molar-refractivity contribution is -0.123. The van der Waals surface area contributed by atoms with E-state index in [-0.39, 0.29) is 36.2 Å². The number of H-pyrrole nitrogens is 1. The zero-order chi connectivity index (χ0) is 28.2. The molecule has 3 aromatic rings. The lowest BCUT2D eigenvalue weighted by Gasteiger charge is -2.35. The van der Waals surface area contributed by atoms with Gasteiger partial charge in [-0.3, -0.25) is 14.9 Å². The number of hydrogen-bond acceptors (Lipinski definition) is 7. The van der Waals surface area contributed by atoms with Gasteiger partial charge in [0, 0.05) is 58.3 Å². The molecule has 4 atom stereocenters. The van der Waals surface area contributed by atoms with E-state index < -0.39 is 6.10 Å². The number of thiazole rings is 1. The Morgan fingerprint density at radius 3 is 2.95 bits per heavy atom. The van der Waals surface area contributed by atoms with Gasteiger partial charge in [-0.15, -0.1) is 11.3 Å². The summed E-state index contributed by atoms with van der Waals surface area (Å²) in [5, 5.41) is 16.4. The van der Waals surface area contributed by atoms with Crippen molar-refractivity contribution in [2.24, 2.45) is 11.8 Å². The first-order valence-electron chi connectivity index (χ1n) is 13.7. The fourth-order valence-corrected chi connectivity index (χ4v) is 6.03. The number of rotatable bonds is 9. The molecule has 9 heteroatoms. The van der Waals surface area contributed by atoms with Gasteiger partial charge in [-0.2, -0.15) is 0 Å². The smallest absolute Gasteiger partial charge is 0.257 e. The highest BCUT2D eigenvalue weighted by atomic mass is 32.1. The number of para-hydroxylation sites is 1. The van der Waals surface area contributed by atoms with Gasteiger partial charge in [0.15, 0.2) is 10.9 Å². The molecule has 1 amide bonds. The number of aliphatic hydroxyl groups excluding tert-OH is 1. The predicted octanol–water partition coefficient (Wildman–Crippen LogP) is 4.69. The van der Waals surface area contributed by atoms with Gasteiger partial charge in [0.2, 0.25) is 0 Å². The number of ether oxygens (including phenoxy) is 2. The molecule has 0 radical (unpaired) electrons. The number of aromatic nitrogens is 2. The van der Waals surface area contributed by atoms with Crippen LogP contribution in [-0.4, -0.2) is 58.8 Å². The van der Waals surface area contributed by atoms with E-state index in [2.05, 4.69) is 21.4 Å². The Hall–Kier alpha value is -3.89. The molecular weight excluding hydrogens is 538 g/mol. The highest BCUT2D eigenvalue weighted by Gasteiger charge is 2.36. The van der Waals surface area contributed by atoms with Crippen molar-refractivity contribution in [2.75, 3.05) is 25.1 Å². The summed E-state index contributed by atoms with van der Waals surface area (Å²) in [6.45, 7) is 0.775. The normalized spacial score (nSPS) is 23.0. The standard InChI is InChI=1S/C32H31N3O5S/c36-19-20(14-24-18-34-27-7-2-1-6-25(24)27)8-9-28(37)26-16-23(17-29-30(26)40-12-11-39-29)21-4-3-5-22(15-21)31(38)35-32-33-10-13-41-32/h1-3,5-10,13,15-18,20-21,29-30,34,36H,4,11-12,14,19H2,(H,33,35,38)/b9-8-/t20-,21?,29?,30?/m1/s1. The van der Waals surface area contributed by atoms with Crippen molar-refractivity contribution in [3.63, 3.8) is 0 Å². The number of ketones is 1. The second-order valence-corrected chi connectivity index (χ2v) is 11.2. The maximum absolute atomic E-state index is 13.6. The number of nitrogens with one attached hydrogen (secondary N) is 2. The number of fused-ring (bicyclic) bond motifs is 2. The van der Waals surface area contributed by atoms with E-state index in [1.165, 1.54) is 11.3 Å². The van der Waals surface area contributed by atoms with Crippen LogP contribution in [0.4, 0.5) is 5.13 Å². The molecule has 0 spiro atoms. The minimum Gasteiger partial charge on any atom is -0.396 e. The van der Waals surface area contributed by atoms with E-state index in [9.17, 15) is 14.7 Å². The van der Waals surface area contributed by atoms with Gasteiger partial charge >= 0.3 is 0 Å². The maximum Gasteiger partial charge on any atom is 0.257 e. The first-order chi connectivity index (χ1) is 20.1. The summed E-state index contributed by atoms with van der Waals surface area (Å²) in [6.07, 6.45) is 16.9. The highest BCUT2D eigenvalue weighted by Crippen LogP contribution is 2.34. The van der Waals surface area contributed by atoms with E-state index >= 15 is 0 Å². The Balaban J connectivity index is 1.21. The van der Waals surface area contributed by atoms with E-state index in [1.54, 1.807) is 18.3 Å². The summed E-state index contributed by atoms with van der Waals surface area (Å²) in [7, 11) is 0. The molecule has 2 aliphatic carbocycles. The fourth-order valence-electron chi connectivity index (χ4n) is 5.50. The van der Waals surface area contributed by atoms with Crippen LogP contribution in [0.5, 0.6) is 0 Å². The van der Waals surface area contributed by atoms with E-state index in [1.807, 2.05) is 60.2 Å². The Kier molecular flexibility index (Phi) is 8.20. The van der Waals surface area contributed by atoms with Crippen molar-refractivity contribution >= 4 is 39.1 Å². The SMILES string of the molecule is O=C(/C=C\[C@@H](CO)Cc1c[nH]c2ccccc12)C1=CC(C2C=C(C(=O)Nc3nccs3)C=CC2)=CC2OCCOC12. The Labute approximate surface area is 241 Å². The van der Waals surface area contributed by atoms with Gasteiger partial charge in [0.25, 0.3) is 5.91 Å². The second-order valence-electron chi connectivity index (χ2n) is 10.3.